The summed E-state index contributed by atoms with van der Waals surface area (Å²) in [5.74, 6) is -1.48. The maximum atomic E-state index is 12.8. The van der Waals surface area contributed by atoms with Crippen molar-refractivity contribution in [3.63, 3.8) is 0 Å². The van der Waals surface area contributed by atoms with Crippen LogP contribution < -0.4 is 4.74 Å². The number of nitro groups is 1. The van der Waals surface area contributed by atoms with E-state index in [2.05, 4.69) is 0 Å². The molecule has 0 saturated heterocycles. The minimum absolute atomic E-state index is 0.00234. The fourth-order valence-electron chi connectivity index (χ4n) is 2.64. The number of carbonyl (C=O) groups is 2. The monoisotopic (exact) mass is 474 g/mol. The van der Waals surface area contributed by atoms with Gasteiger partial charge in [-0.15, -0.1) is 0 Å². The first-order valence-corrected chi connectivity index (χ1v) is 9.40. The molecule has 0 aliphatic heterocycles. The van der Waals surface area contributed by atoms with E-state index in [1.807, 2.05) is 0 Å². The highest BCUT2D eigenvalue weighted by molar-refractivity contribution is 6.32. The Hall–Kier alpha value is -3.34. The molecule has 0 saturated carbocycles. The Morgan fingerprint density at radius 3 is 2.38 bits per heavy atom. The van der Waals surface area contributed by atoms with E-state index in [4.69, 9.17) is 21.1 Å². The zero-order valence-electron chi connectivity index (χ0n) is 17.1. The molecule has 2 rings (SSSR count). The Morgan fingerprint density at radius 1 is 1.19 bits per heavy atom. The highest BCUT2D eigenvalue weighted by Gasteiger charge is 2.31. The number of benzene rings is 2. The molecular weight excluding hydrogens is 457 g/mol. The molecule has 2 aromatic rings. The summed E-state index contributed by atoms with van der Waals surface area (Å²) in [6, 6.07) is 5.92. The van der Waals surface area contributed by atoms with E-state index in [0.717, 1.165) is 18.2 Å². The summed E-state index contributed by atoms with van der Waals surface area (Å²) in [7, 11) is 2.95. The lowest BCUT2D eigenvalue weighted by Gasteiger charge is -2.17. The largest absolute Gasteiger partial charge is 0.456 e. The summed E-state index contributed by atoms with van der Waals surface area (Å²) in [6.07, 6.45) is -6.23. The lowest BCUT2D eigenvalue weighted by molar-refractivity contribution is -0.385. The molecule has 0 radical (unpaired) electrons. The molecule has 0 N–H and O–H groups in total. The lowest BCUT2D eigenvalue weighted by Crippen LogP contribution is -2.35. The van der Waals surface area contributed by atoms with E-state index in [1.54, 1.807) is 0 Å². The van der Waals surface area contributed by atoms with Crippen molar-refractivity contribution in [2.75, 3.05) is 14.1 Å². The highest BCUT2D eigenvalue weighted by atomic mass is 35.5. The average molecular weight is 475 g/mol. The average Bonchev–Trinajstić information content (AvgIpc) is 2.67. The quantitative estimate of drug-likeness (QED) is 0.330. The van der Waals surface area contributed by atoms with Gasteiger partial charge in [-0.25, -0.2) is 0 Å². The molecule has 0 heterocycles. The molecule has 0 bridgehead atoms. The van der Waals surface area contributed by atoms with Crippen molar-refractivity contribution in [3.05, 3.63) is 62.7 Å². The van der Waals surface area contributed by atoms with Crippen LogP contribution in [0.5, 0.6) is 11.5 Å². The Bertz CT molecular complexity index is 1040. The van der Waals surface area contributed by atoms with Crippen LogP contribution in [0.2, 0.25) is 5.02 Å². The molecule has 172 valence electrons. The smallest absolute Gasteiger partial charge is 0.416 e. The molecule has 1 unspecified atom stereocenters. The van der Waals surface area contributed by atoms with Gasteiger partial charge in [0.2, 0.25) is 0 Å². The first-order chi connectivity index (χ1) is 14.8. The highest BCUT2D eigenvalue weighted by Crippen LogP contribution is 2.37. The van der Waals surface area contributed by atoms with Crippen LogP contribution in [0.25, 0.3) is 0 Å². The van der Waals surface area contributed by atoms with Gasteiger partial charge >= 0.3 is 12.1 Å². The number of amides is 1. The maximum Gasteiger partial charge on any atom is 0.416 e. The summed E-state index contributed by atoms with van der Waals surface area (Å²) in [6.45, 7) is 1.36. The van der Waals surface area contributed by atoms with Crippen LogP contribution >= 0.6 is 11.6 Å². The standard InChI is InChI=1S/C20H18ClF3N2O6/c1-11(19(28)25(2)3)31-18(27)9-12-8-14(5-6-16(12)26(29)30)32-17-7-4-13(10-15(17)21)20(22,23)24/h4-8,10-11H,9H2,1-3H3. The topological polar surface area (TPSA) is 99.0 Å². The summed E-state index contributed by atoms with van der Waals surface area (Å²) >= 11 is 5.86. The Kier molecular flexibility index (Phi) is 7.68. The minimum atomic E-state index is -4.59. The number of nitro benzene ring substituents is 1. The first kappa shape index (κ1) is 24.9. The van der Waals surface area contributed by atoms with E-state index >= 15 is 0 Å². The SMILES string of the molecule is CC(OC(=O)Cc1cc(Oc2ccc(C(F)(F)F)cc2Cl)ccc1[N+](=O)[O-])C(=O)N(C)C. The van der Waals surface area contributed by atoms with Crippen LogP contribution in [0.1, 0.15) is 18.1 Å². The predicted octanol–water partition coefficient (Wildman–Crippen LogP) is 4.62. The fraction of sp³-hybridized carbons (Fsp3) is 0.300. The Balaban J connectivity index is 2.25. The lowest BCUT2D eigenvalue weighted by atomic mass is 10.1. The van der Waals surface area contributed by atoms with E-state index in [9.17, 15) is 32.9 Å². The summed E-state index contributed by atoms with van der Waals surface area (Å²) in [4.78, 5) is 35.8. The molecule has 0 aromatic heterocycles. The molecule has 0 aliphatic rings. The van der Waals surface area contributed by atoms with Crippen molar-refractivity contribution in [2.24, 2.45) is 0 Å². The van der Waals surface area contributed by atoms with Gasteiger partial charge < -0.3 is 14.4 Å². The molecule has 1 amide bonds. The molecule has 12 heteroatoms. The number of ether oxygens (including phenoxy) is 2. The van der Waals surface area contributed by atoms with Gasteiger partial charge in [0, 0.05) is 25.7 Å². The van der Waals surface area contributed by atoms with Crippen molar-refractivity contribution in [1.82, 2.24) is 4.90 Å². The second-order valence-electron chi connectivity index (χ2n) is 6.83. The van der Waals surface area contributed by atoms with Gasteiger partial charge in [0.05, 0.1) is 21.9 Å². The van der Waals surface area contributed by atoms with Crippen LogP contribution in [-0.4, -0.2) is 41.9 Å². The molecule has 0 spiro atoms. The molecule has 8 nitrogen and oxygen atoms in total. The number of hydrogen-bond acceptors (Lipinski definition) is 6. The van der Waals surface area contributed by atoms with Crippen molar-refractivity contribution >= 4 is 29.2 Å². The normalized spacial score (nSPS) is 12.1. The summed E-state index contributed by atoms with van der Waals surface area (Å²) < 4.78 is 48.8. The van der Waals surface area contributed by atoms with E-state index < -0.39 is 46.8 Å². The number of carbonyl (C=O) groups excluding carboxylic acids is 2. The van der Waals surface area contributed by atoms with Crippen LogP contribution in [-0.2, 0) is 26.9 Å². The van der Waals surface area contributed by atoms with Gasteiger partial charge in [0.15, 0.2) is 6.10 Å². The van der Waals surface area contributed by atoms with Gasteiger partial charge in [0.1, 0.15) is 11.5 Å². The minimum Gasteiger partial charge on any atom is -0.456 e. The molecule has 0 aliphatic carbocycles. The number of likely N-dealkylation sites (N-methyl/N-ethyl adjacent to an activating group) is 1. The summed E-state index contributed by atoms with van der Waals surface area (Å²) in [5, 5.41) is 11.0. The molecule has 1 atom stereocenters. The van der Waals surface area contributed by atoms with Gasteiger partial charge in [0.25, 0.3) is 11.6 Å². The number of rotatable bonds is 7. The van der Waals surface area contributed by atoms with Gasteiger partial charge in [-0.3, -0.25) is 19.7 Å². The number of esters is 1. The Labute approximate surface area is 185 Å². The number of hydrogen-bond donors (Lipinski definition) is 0. The number of alkyl halides is 3. The second kappa shape index (κ2) is 9.86. The van der Waals surface area contributed by atoms with Gasteiger partial charge in [-0.1, -0.05) is 11.6 Å². The first-order valence-electron chi connectivity index (χ1n) is 9.02. The molecule has 32 heavy (non-hydrogen) atoms. The zero-order chi connectivity index (χ0) is 24.2. The number of nitrogens with zero attached hydrogens (tertiary/aromatic N) is 2. The fourth-order valence-corrected chi connectivity index (χ4v) is 2.86. The van der Waals surface area contributed by atoms with Gasteiger partial charge in [-0.05, 0) is 37.3 Å². The third-order valence-electron chi connectivity index (χ3n) is 4.17. The van der Waals surface area contributed by atoms with Crippen molar-refractivity contribution in [3.8, 4) is 11.5 Å². The maximum absolute atomic E-state index is 12.8. The van der Waals surface area contributed by atoms with Crippen molar-refractivity contribution < 1.29 is 37.2 Å². The van der Waals surface area contributed by atoms with E-state index in [-0.39, 0.29) is 22.1 Å². The molecule has 0 fully saturated rings. The molecular formula is C20H18ClF3N2O6. The van der Waals surface area contributed by atoms with E-state index in [0.29, 0.717) is 6.07 Å². The third-order valence-corrected chi connectivity index (χ3v) is 4.46. The predicted molar refractivity (Wildman–Crippen MR) is 108 cm³/mol. The van der Waals surface area contributed by atoms with Crippen LogP contribution in [0.3, 0.4) is 0 Å². The van der Waals surface area contributed by atoms with Gasteiger partial charge in [-0.2, -0.15) is 13.2 Å². The van der Waals surface area contributed by atoms with E-state index in [1.165, 1.54) is 38.1 Å². The van der Waals surface area contributed by atoms with Crippen LogP contribution in [0, 0.1) is 10.1 Å². The van der Waals surface area contributed by atoms with Crippen molar-refractivity contribution in [1.29, 1.82) is 0 Å². The summed E-state index contributed by atoms with van der Waals surface area (Å²) in [5.41, 5.74) is -1.45. The number of halogens is 4. The third kappa shape index (κ3) is 6.33. The van der Waals surface area contributed by atoms with Crippen molar-refractivity contribution in [2.45, 2.75) is 25.6 Å². The van der Waals surface area contributed by atoms with Crippen LogP contribution in [0.4, 0.5) is 18.9 Å². The zero-order valence-corrected chi connectivity index (χ0v) is 17.9. The second-order valence-corrected chi connectivity index (χ2v) is 7.24. The molecule has 2 aromatic carbocycles. The Morgan fingerprint density at radius 2 is 1.84 bits per heavy atom. The van der Waals surface area contributed by atoms with Crippen LogP contribution in [0.15, 0.2) is 36.4 Å².